The molecule has 1 aliphatic carbocycles. The Morgan fingerprint density at radius 3 is 2.52 bits per heavy atom. The number of allylic oxidation sites excluding steroid dienone is 2. The predicted molar refractivity (Wildman–Crippen MR) is 98.1 cm³/mol. The molecule has 1 saturated carbocycles. The SMILES string of the molecule is CCC(O)/C=C/[C@@H]1[C@@H](C/C=C/CCCCCCC(=O)O)[C@@H](O)C[C@H]1O. The second-order valence-corrected chi connectivity index (χ2v) is 7.03. The number of carboxylic acids is 1. The number of hydrogen-bond acceptors (Lipinski definition) is 4. The van der Waals surface area contributed by atoms with Gasteiger partial charge >= 0.3 is 5.97 Å². The summed E-state index contributed by atoms with van der Waals surface area (Å²) in [6.07, 6.45) is 12.9. The molecule has 0 aromatic carbocycles. The van der Waals surface area contributed by atoms with E-state index in [2.05, 4.69) is 12.2 Å². The van der Waals surface area contributed by atoms with Crippen LogP contribution in [0.3, 0.4) is 0 Å². The third-order valence-corrected chi connectivity index (χ3v) is 4.98. The summed E-state index contributed by atoms with van der Waals surface area (Å²) in [7, 11) is 0. The van der Waals surface area contributed by atoms with Crippen LogP contribution in [0, 0.1) is 11.8 Å². The van der Waals surface area contributed by atoms with Gasteiger partial charge in [-0.25, -0.2) is 0 Å². The monoisotopic (exact) mass is 354 g/mol. The number of carboxylic acid groups (broad SMARTS) is 1. The van der Waals surface area contributed by atoms with E-state index in [-0.39, 0.29) is 18.3 Å². The highest BCUT2D eigenvalue weighted by molar-refractivity contribution is 5.66. The van der Waals surface area contributed by atoms with Crippen LogP contribution in [0.1, 0.15) is 64.7 Å². The fourth-order valence-corrected chi connectivity index (χ4v) is 3.36. The Labute approximate surface area is 151 Å². The Bertz CT molecular complexity index is 432. The first kappa shape index (κ1) is 21.9. The smallest absolute Gasteiger partial charge is 0.303 e. The Kier molecular flexibility index (Phi) is 10.7. The van der Waals surface area contributed by atoms with Crippen molar-refractivity contribution in [2.24, 2.45) is 11.8 Å². The standard InChI is InChI=1S/C20H34O5/c1-2-15(21)12-13-17-16(18(22)14-19(17)23)10-8-6-4-3-5-7-9-11-20(24)25/h6,8,12-13,15-19,21-23H,2-5,7,9-11,14H2,1H3,(H,24,25)/b8-6+,13-12+/t15?,16-,17-,18+,19-/m1/s1. The molecule has 1 unspecified atom stereocenters. The third kappa shape index (κ3) is 8.66. The zero-order chi connectivity index (χ0) is 18.7. The van der Waals surface area contributed by atoms with Crippen LogP contribution in [-0.4, -0.2) is 44.7 Å². The second kappa shape index (κ2) is 12.2. The van der Waals surface area contributed by atoms with Crippen molar-refractivity contribution < 1.29 is 25.2 Å². The maximum atomic E-state index is 10.4. The van der Waals surface area contributed by atoms with E-state index in [0.29, 0.717) is 19.3 Å². The van der Waals surface area contributed by atoms with Crippen molar-refractivity contribution in [1.82, 2.24) is 0 Å². The van der Waals surface area contributed by atoms with E-state index in [0.717, 1.165) is 32.1 Å². The molecule has 0 aromatic heterocycles. The molecule has 1 fully saturated rings. The molecule has 0 aromatic rings. The molecule has 1 aliphatic rings. The normalized spacial score (nSPS) is 28.2. The van der Waals surface area contributed by atoms with Crippen LogP contribution in [0.4, 0.5) is 0 Å². The number of aliphatic hydroxyl groups excluding tert-OH is 3. The van der Waals surface area contributed by atoms with E-state index < -0.39 is 24.3 Å². The summed E-state index contributed by atoms with van der Waals surface area (Å²) >= 11 is 0. The van der Waals surface area contributed by atoms with Crippen LogP contribution < -0.4 is 0 Å². The zero-order valence-corrected chi connectivity index (χ0v) is 15.3. The van der Waals surface area contributed by atoms with Crippen molar-refractivity contribution in [3.63, 3.8) is 0 Å². The number of rotatable bonds is 12. The molecule has 0 radical (unpaired) electrons. The van der Waals surface area contributed by atoms with E-state index in [4.69, 9.17) is 5.11 Å². The molecule has 0 heterocycles. The van der Waals surface area contributed by atoms with E-state index in [1.165, 1.54) is 0 Å². The zero-order valence-electron chi connectivity index (χ0n) is 15.3. The molecule has 1 rings (SSSR count). The highest BCUT2D eigenvalue weighted by Gasteiger charge is 2.39. The number of carbonyl (C=O) groups is 1. The fourth-order valence-electron chi connectivity index (χ4n) is 3.36. The molecular weight excluding hydrogens is 320 g/mol. The molecule has 5 heteroatoms. The van der Waals surface area contributed by atoms with Gasteiger partial charge in [-0.15, -0.1) is 0 Å². The molecular formula is C20H34O5. The molecule has 4 N–H and O–H groups in total. The Balaban J connectivity index is 2.30. The second-order valence-electron chi connectivity index (χ2n) is 7.03. The van der Waals surface area contributed by atoms with Gasteiger partial charge < -0.3 is 20.4 Å². The first-order valence-electron chi connectivity index (χ1n) is 9.55. The lowest BCUT2D eigenvalue weighted by molar-refractivity contribution is -0.137. The molecule has 5 nitrogen and oxygen atoms in total. The van der Waals surface area contributed by atoms with Crippen LogP contribution in [0.2, 0.25) is 0 Å². The minimum atomic E-state index is -0.729. The van der Waals surface area contributed by atoms with Gasteiger partial charge in [0, 0.05) is 18.8 Å². The van der Waals surface area contributed by atoms with Crippen LogP contribution in [0.5, 0.6) is 0 Å². The lowest BCUT2D eigenvalue weighted by atomic mass is 9.89. The van der Waals surface area contributed by atoms with Crippen LogP contribution in [-0.2, 0) is 4.79 Å². The van der Waals surface area contributed by atoms with Gasteiger partial charge in [0.05, 0.1) is 18.3 Å². The van der Waals surface area contributed by atoms with E-state index in [1.807, 2.05) is 13.0 Å². The summed E-state index contributed by atoms with van der Waals surface area (Å²) < 4.78 is 0. The summed E-state index contributed by atoms with van der Waals surface area (Å²) in [4.78, 5) is 10.4. The maximum Gasteiger partial charge on any atom is 0.303 e. The summed E-state index contributed by atoms with van der Waals surface area (Å²) in [6.45, 7) is 1.90. The fraction of sp³-hybridized carbons (Fsp3) is 0.750. The van der Waals surface area contributed by atoms with Crippen LogP contribution >= 0.6 is 0 Å². The summed E-state index contributed by atoms with van der Waals surface area (Å²) in [6, 6.07) is 0. The molecule has 0 bridgehead atoms. The van der Waals surface area contributed by atoms with Gasteiger partial charge in [-0.1, -0.05) is 44.1 Å². The van der Waals surface area contributed by atoms with E-state index in [1.54, 1.807) is 6.08 Å². The average Bonchev–Trinajstić information content (AvgIpc) is 2.84. The number of aliphatic carboxylic acids is 1. The number of hydrogen-bond donors (Lipinski definition) is 4. The lowest BCUT2D eigenvalue weighted by Gasteiger charge is -2.19. The molecule has 25 heavy (non-hydrogen) atoms. The lowest BCUT2D eigenvalue weighted by Crippen LogP contribution is -2.20. The number of aliphatic hydroxyl groups is 3. The Morgan fingerprint density at radius 1 is 1.12 bits per heavy atom. The van der Waals surface area contributed by atoms with Crippen molar-refractivity contribution in [3.05, 3.63) is 24.3 Å². The third-order valence-electron chi connectivity index (χ3n) is 4.98. The highest BCUT2D eigenvalue weighted by Crippen LogP contribution is 2.36. The number of unbranched alkanes of at least 4 members (excludes halogenated alkanes) is 4. The maximum absolute atomic E-state index is 10.4. The Morgan fingerprint density at radius 2 is 1.84 bits per heavy atom. The summed E-state index contributed by atoms with van der Waals surface area (Å²) in [5.74, 6) is -0.855. The molecule has 0 amide bonds. The van der Waals surface area contributed by atoms with Gasteiger partial charge in [0.1, 0.15) is 0 Å². The van der Waals surface area contributed by atoms with Gasteiger partial charge in [0.15, 0.2) is 0 Å². The first-order chi connectivity index (χ1) is 12.0. The predicted octanol–water partition coefficient (Wildman–Crippen LogP) is 3.04. The minimum Gasteiger partial charge on any atom is -0.481 e. The minimum absolute atomic E-state index is 0.0119. The van der Waals surface area contributed by atoms with Crippen molar-refractivity contribution >= 4 is 5.97 Å². The molecule has 5 atom stereocenters. The quantitative estimate of drug-likeness (QED) is 0.319. The van der Waals surface area contributed by atoms with Gasteiger partial charge in [-0.05, 0) is 38.0 Å². The Hall–Kier alpha value is -1.17. The highest BCUT2D eigenvalue weighted by atomic mass is 16.4. The first-order valence-corrected chi connectivity index (χ1v) is 9.55. The van der Waals surface area contributed by atoms with E-state index >= 15 is 0 Å². The van der Waals surface area contributed by atoms with E-state index in [9.17, 15) is 20.1 Å². The van der Waals surface area contributed by atoms with Crippen molar-refractivity contribution in [2.45, 2.75) is 83.0 Å². The average molecular weight is 354 g/mol. The van der Waals surface area contributed by atoms with Gasteiger partial charge in [0.25, 0.3) is 0 Å². The molecule has 0 spiro atoms. The van der Waals surface area contributed by atoms with Gasteiger partial charge in [-0.3, -0.25) is 4.79 Å². The van der Waals surface area contributed by atoms with Gasteiger partial charge in [-0.2, -0.15) is 0 Å². The van der Waals surface area contributed by atoms with Crippen molar-refractivity contribution in [2.75, 3.05) is 0 Å². The molecule has 144 valence electrons. The molecule has 0 aliphatic heterocycles. The van der Waals surface area contributed by atoms with Gasteiger partial charge in [0.2, 0.25) is 0 Å². The topological polar surface area (TPSA) is 98.0 Å². The van der Waals surface area contributed by atoms with Crippen LogP contribution in [0.25, 0.3) is 0 Å². The van der Waals surface area contributed by atoms with Crippen LogP contribution in [0.15, 0.2) is 24.3 Å². The van der Waals surface area contributed by atoms with Crippen molar-refractivity contribution in [1.29, 1.82) is 0 Å². The molecule has 0 saturated heterocycles. The summed E-state index contributed by atoms with van der Waals surface area (Å²) in [5, 5.41) is 38.5. The summed E-state index contributed by atoms with van der Waals surface area (Å²) in [5.41, 5.74) is 0. The largest absolute Gasteiger partial charge is 0.481 e. The van der Waals surface area contributed by atoms with Crippen molar-refractivity contribution in [3.8, 4) is 0 Å².